The van der Waals surface area contributed by atoms with Gasteiger partial charge in [-0.05, 0) is 75.1 Å². The van der Waals surface area contributed by atoms with Crippen molar-refractivity contribution in [3.05, 3.63) is 22.4 Å². The highest BCUT2D eigenvalue weighted by atomic mass is 35.5. The summed E-state index contributed by atoms with van der Waals surface area (Å²) in [6, 6.07) is 4.70. The third-order valence-corrected chi connectivity index (χ3v) is 7.00. The van der Waals surface area contributed by atoms with Crippen LogP contribution in [0.3, 0.4) is 0 Å². The molecule has 1 saturated carbocycles. The molecule has 2 unspecified atom stereocenters. The van der Waals surface area contributed by atoms with E-state index in [0.29, 0.717) is 17.4 Å². The first-order valence-electron chi connectivity index (χ1n) is 9.04. The molecule has 1 aromatic heterocycles. The molecule has 1 spiro atoms. The summed E-state index contributed by atoms with van der Waals surface area (Å²) >= 11 is 1.81. The van der Waals surface area contributed by atoms with E-state index in [4.69, 9.17) is 0 Å². The Morgan fingerprint density at radius 3 is 2.68 bits per heavy atom. The van der Waals surface area contributed by atoms with Crippen molar-refractivity contribution in [2.45, 2.75) is 38.1 Å². The summed E-state index contributed by atoms with van der Waals surface area (Å²) < 4.78 is 0. The van der Waals surface area contributed by atoms with Gasteiger partial charge in [0.15, 0.2) is 0 Å². The molecule has 7 heteroatoms. The van der Waals surface area contributed by atoms with Gasteiger partial charge < -0.3 is 10.6 Å². The maximum atomic E-state index is 12.6. The zero-order valence-corrected chi connectivity index (χ0v) is 17.0. The van der Waals surface area contributed by atoms with Crippen LogP contribution >= 0.6 is 36.2 Å². The Labute approximate surface area is 166 Å². The normalized spacial score (nSPS) is 25.7. The standard InChI is InChI=1S/C18H27N3OS.2ClH/c22-17(14-12-18(14)5-7-19-8-6-18)20-13-15(16-4-3-11-23-16)21-9-1-2-10-21;;/h3-4,11,14-15,19H,1-2,5-10,12-13H2,(H,20,22);2*1H. The molecule has 0 bridgehead atoms. The second-order valence-electron chi connectivity index (χ2n) is 7.39. The van der Waals surface area contributed by atoms with Crippen LogP contribution in [0.15, 0.2) is 17.5 Å². The predicted octanol–water partition coefficient (Wildman–Crippen LogP) is 3.23. The summed E-state index contributed by atoms with van der Waals surface area (Å²) in [5.41, 5.74) is 0.335. The molecule has 2 N–H and O–H groups in total. The number of carbonyl (C=O) groups is 1. The van der Waals surface area contributed by atoms with Gasteiger partial charge in [0.05, 0.1) is 6.04 Å². The van der Waals surface area contributed by atoms with Crippen molar-refractivity contribution in [1.82, 2.24) is 15.5 Å². The number of carbonyl (C=O) groups excluding carboxylic acids is 1. The maximum Gasteiger partial charge on any atom is 0.223 e. The lowest BCUT2D eigenvalue weighted by Gasteiger charge is -2.27. The smallest absolute Gasteiger partial charge is 0.223 e. The maximum absolute atomic E-state index is 12.6. The Kier molecular flexibility index (Phi) is 7.59. The number of nitrogens with one attached hydrogen (secondary N) is 2. The van der Waals surface area contributed by atoms with Gasteiger partial charge in [-0.2, -0.15) is 0 Å². The van der Waals surface area contributed by atoms with Crippen molar-refractivity contribution in [2.75, 3.05) is 32.7 Å². The molecule has 0 aromatic carbocycles. The van der Waals surface area contributed by atoms with Crippen LogP contribution in [0.25, 0.3) is 0 Å². The topological polar surface area (TPSA) is 44.4 Å². The van der Waals surface area contributed by atoms with Gasteiger partial charge in [-0.25, -0.2) is 0 Å². The highest BCUT2D eigenvalue weighted by molar-refractivity contribution is 7.10. The van der Waals surface area contributed by atoms with Crippen LogP contribution in [0, 0.1) is 11.3 Å². The fourth-order valence-corrected chi connectivity index (χ4v) is 5.32. The second-order valence-corrected chi connectivity index (χ2v) is 8.37. The summed E-state index contributed by atoms with van der Waals surface area (Å²) in [7, 11) is 0. The van der Waals surface area contributed by atoms with E-state index in [1.165, 1.54) is 30.6 Å². The second kappa shape index (κ2) is 9.05. The van der Waals surface area contributed by atoms with E-state index in [1.54, 1.807) is 0 Å². The van der Waals surface area contributed by atoms with Crippen LogP contribution in [0.1, 0.15) is 43.0 Å². The van der Waals surface area contributed by atoms with Gasteiger partial charge in [0.2, 0.25) is 5.91 Å². The number of thiophene rings is 1. The largest absolute Gasteiger partial charge is 0.354 e. The van der Waals surface area contributed by atoms with Crippen LogP contribution in [-0.4, -0.2) is 43.5 Å². The van der Waals surface area contributed by atoms with Gasteiger partial charge in [-0.1, -0.05) is 6.07 Å². The van der Waals surface area contributed by atoms with Crippen LogP contribution in [-0.2, 0) is 4.79 Å². The molecule has 3 heterocycles. The molecule has 0 radical (unpaired) electrons. The summed E-state index contributed by atoms with van der Waals surface area (Å²) in [6.07, 6.45) is 6.02. The number of hydrogen-bond acceptors (Lipinski definition) is 4. The van der Waals surface area contributed by atoms with Gasteiger partial charge in [0, 0.05) is 17.3 Å². The monoisotopic (exact) mass is 405 g/mol. The predicted molar refractivity (Wildman–Crippen MR) is 108 cm³/mol. The zero-order chi connectivity index (χ0) is 15.7. The summed E-state index contributed by atoms with van der Waals surface area (Å²) in [5.74, 6) is 0.569. The Morgan fingerprint density at radius 2 is 2.04 bits per heavy atom. The molecular formula is C18H29Cl2N3OS. The molecule has 1 aliphatic carbocycles. The highest BCUT2D eigenvalue weighted by Crippen LogP contribution is 2.58. The first kappa shape index (κ1) is 21.0. The van der Waals surface area contributed by atoms with E-state index in [0.717, 1.165) is 39.1 Å². The molecule has 2 atom stereocenters. The van der Waals surface area contributed by atoms with Crippen molar-refractivity contribution < 1.29 is 4.79 Å². The van der Waals surface area contributed by atoms with Crippen molar-refractivity contribution in [1.29, 1.82) is 0 Å². The Hall–Kier alpha value is -0.330. The molecule has 1 aromatic rings. The van der Waals surface area contributed by atoms with Crippen LogP contribution in [0.2, 0.25) is 0 Å². The lowest BCUT2D eigenvalue weighted by molar-refractivity contribution is -0.123. The van der Waals surface area contributed by atoms with Crippen LogP contribution in [0.5, 0.6) is 0 Å². The third kappa shape index (κ3) is 4.51. The van der Waals surface area contributed by atoms with E-state index in [-0.39, 0.29) is 30.7 Å². The summed E-state index contributed by atoms with van der Waals surface area (Å²) in [5, 5.41) is 8.84. The van der Waals surface area contributed by atoms with Crippen molar-refractivity contribution in [3.63, 3.8) is 0 Å². The van der Waals surface area contributed by atoms with Crippen molar-refractivity contribution >= 4 is 42.1 Å². The van der Waals surface area contributed by atoms with Crippen LogP contribution in [0.4, 0.5) is 0 Å². The SMILES string of the molecule is Cl.Cl.O=C(NCC(c1cccs1)N1CCCC1)C1CC12CCNCC2. The van der Waals surface area contributed by atoms with Gasteiger partial charge in [-0.15, -0.1) is 36.2 Å². The van der Waals surface area contributed by atoms with E-state index in [2.05, 4.69) is 33.0 Å². The molecule has 3 fully saturated rings. The number of amides is 1. The number of nitrogens with zero attached hydrogens (tertiary/aromatic N) is 1. The zero-order valence-electron chi connectivity index (χ0n) is 14.5. The summed E-state index contributed by atoms with van der Waals surface area (Å²) in [6.45, 7) is 5.25. The average molecular weight is 406 g/mol. The number of likely N-dealkylation sites (tertiary alicyclic amines) is 1. The Morgan fingerprint density at radius 1 is 1.32 bits per heavy atom. The Balaban J connectivity index is 0.00000113. The fourth-order valence-electron chi connectivity index (χ4n) is 4.46. The van der Waals surface area contributed by atoms with Gasteiger partial charge in [-0.3, -0.25) is 9.69 Å². The highest BCUT2D eigenvalue weighted by Gasteiger charge is 2.57. The number of halogens is 2. The van der Waals surface area contributed by atoms with Gasteiger partial charge in [0.1, 0.15) is 0 Å². The lowest BCUT2D eigenvalue weighted by atomic mass is 9.92. The molecular weight excluding hydrogens is 377 g/mol. The molecule has 3 aliphatic rings. The minimum Gasteiger partial charge on any atom is -0.354 e. The molecule has 1 amide bonds. The van der Waals surface area contributed by atoms with Crippen molar-refractivity contribution in [2.24, 2.45) is 11.3 Å². The lowest BCUT2D eigenvalue weighted by Crippen LogP contribution is -2.38. The van der Waals surface area contributed by atoms with Gasteiger partial charge in [0.25, 0.3) is 0 Å². The van der Waals surface area contributed by atoms with Gasteiger partial charge >= 0.3 is 0 Å². The van der Waals surface area contributed by atoms with E-state index < -0.39 is 0 Å². The first-order valence-corrected chi connectivity index (χ1v) is 9.92. The molecule has 25 heavy (non-hydrogen) atoms. The number of piperidine rings is 1. The minimum atomic E-state index is 0. The number of hydrogen-bond donors (Lipinski definition) is 2. The third-order valence-electron chi connectivity index (χ3n) is 6.03. The Bertz CT molecular complexity index is 543. The summed E-state index contributed by atoms with van der Waals surface area (Å²) in [4.78, 5) is 16.6. The van der Waals surface area contributed by atoms with Crippen LogP contribution < -0.4 is 10.6 Å². The molecule has 4 rings (SSSR count). The fraction of sp³-hybridized carbons (Fsp3) is 0.722. The van der Waals surface area contributed by atoms with E-state index >= 15 is 0 Å². The number of rotatable bonds is 5. The minimum absolute atomic E-state index is 0. The molecule has 142 valence electrons. The molecule has 4 nitrogen and oxygen atoms in total. The molecule has 2 saturated heterocycles. The molecule has 2 aliphatic heterocycles. The average Bonchev–Trinajstić information content (AvgIpc) is 3.02. The first-order chi connectivity index (χ1) is 11.3. The van der Waals surface area contributed by atoms with E-state index in [1.807, 2.05) is 11.3 Å². The van der Waals surface area contributed by atoms with Crippen molar-refractivity contribution in [3.8, 4) is 0 Å². The van der Waals surface area contributed by atoms with E-state index in [9.17, 15) is 4.79 Å². The quantitative estimate of drug-likeness (QED) is 0.789.